The van der Waals surface area contributed by atoms with Crippen LogP contribution in [0.1, 0.15) is 38.8 Å². The van der Waals surface area contributed by atoms with Gasteiger partial charge in [-0.15, -0.1) is 0 Å². The van der Waals surface area contributed by atoms with Gasteiger partial charge in [-0.05, 0) is 23.6 Å². The van der Waals surface area contributed by atoms with Crippen LogP contribution in [0.3, 0.4) is 0 Å². The van der Waals surface area contributed by atoms with Gasteiger partial charge in [0.25, 0.3) is 0 Å². The number of hydrogen-bond acceptors (Lipinski definition) is 4. The number of nitrogens with zero attached hydrogens (tertiary/aromatic N) is 1. The molecule has 1 aromatic rings. The van der Waals surface area contributed by atoms with Crippen LogP contribution in [0, 0.1) is 22.7 Å². The van der Waals surface area contributed by atoms with Crippen LogP contribution in [-0.4, -0.2) is 26.2 Å². The second-order valence-corrected chi connectivity index (χ2v) is 8.38. The van der Waals surface area contributed by atoms with E-state index < -0.39 is 21.5 Å². The first-order valence-electron chi connectivity index (χ1n) is 7.22. The molecular weight excluding hydrogens is 300 g/mol. The summed E-state index contributed by atoms with van der Waals surface area (Å²) < 4.78 is 26.9. The summed E-state index contributed by atoms with van der Waals surface area (Å²) >= 11 is 0. The van der Waals surface area contributed by atoms with Crippen molar-refractivity contribution >= 4 is 10.0 Å². The number of rotatable bonds is 7. The summed E-state index contributed by atoms with van der Waals surface area (Å²) in [6.45, 7) is 7.61. The van der Waals surface area contributed by atoms with Crippen molar-refractivity contribution in [2.24, 2.45) is 11.3 Å². The van der Waals surface area contributed by atoms with Crippen molar-refractivity contribution in [1.29, 1.82) is 5.26 Å². The number of aliphatic hydroxyl groups is 1. The third-order valence-electron chi connectivity index (χ3n) is 3.59. The van der Waals surface area contributed by atoms with Crippen LogP contribution < -0.4 is 4.72 Å². The molecule has 0 spiro atoms. The molecule has 1 aromatic carbocycles. The third kappa shape index (κ3) is 5.41. The van der Waals surface area contributed by atoms with Gasteiger partial charge in [0.2, 0.25) is 10.0 Å². The maximum Gasteiger partial charge on any atom is 0.215 e. The minimum atomic E-state index is -3.52. The van der Waals surface area contributed by atoms with Gasteiger partial charge < -0.3 is 5.11 Å². The lowest BCUT2D eigenvalue weighted by molar-refractivity contribution is 0.0166. The molecule has 1 atom stereocenters. The van der Waals surface area contributed by atoms with Crippen LogP contribution in [0.5, 0.6) is 0 Å². The summed E-state index contributed by atoms with van der Waals surface area (Å²) in [7, 11) is -3.52. The van der Waals surface area contributed by atoms with Crippen molar-refractivity contribution in [2.45, 2.75) is 39.6 Å². The van der Waals surface area contributed by atoms with Crippen molar-refractivity contribution in [1.82, 2.24) is 4.72 Å². The molecule has 6 heteroatoms. The van der Waals surface area contributed by atoms with Gasteiger partial charge in [-0.25, -0.2) is 13.1 Å². The quantitative estimate of drug-likeness (QED) is 0.803. The number of nitrogens with one attached hydrogen (secondary N) is 1. The van der Waals surface area contributed by atoms with Crippen molar-refractivity contribution in [3.05, 3.63) is 35.4 Å². The number of sulfonamides is 1. The van der Waals surface area contributed by atoms with Gasteiger partial charge in [-0.2, -0.15) is 5.26 Å². The molecule has 1 rings (SSSR count). The molecular formula is C16H24N2O3S. The lowest BCUT2D eigenvalue weighted by atomic mass is 9.81. The fourth-order valence-electron chi connectivity index (χ4n) is 2.30. The zero-order chi connectivity index (χ0) is 17.0. The van der Waals surface area contributed by atoms with E-state index in [0.29, 0.717) is 11.1 Å². The van der Waals surface area contributed by atoms with Crippen LogP contribution in [0.4, 0.5) is 0 Å². The fourth-order valence-corrected chi connectivity index (χ4v) is 3.62. The Balaban J connectivity index is 2.74. The second-order valence-electron chi connectivity index (χ2n) is 6.57. The highest BCUT2D eigenvalue weighted by molar-refractivity contribution is 7.88. The van der Waals surface area contributed by atoms with Crippen LogP contribution in [0.25, 0.3) is 0 Å². The second kappa shape index (κ2) is 7.23. The summed E-state index contributed by atoms with van der Waals surface area (Å²) in [5, 5.41) is 19.0. The number of nitriles is 1. The first-order chi connectivity index (χ1) is 10.1. The Morgan fingerprint density at radius 3 is 2.55 bits per heavy atom. The van der Waals surface area contributed by atoms with Crippen LogP contribution in [0.2, 0.25) is 0 Å². The highest BCUT2D eigenvalue weighted by Gasteiger charge is 2.31. The van der Waals surface area contributed by atoms with Crippen LogP contribution >= 0.6 is 0 Å². The molecule has 0 fully saturated rings. The lowest BCUT2D eigenvalue weighted by Crippen LogP contribution is -2.43. The number of benzene rings is 1. The van der Waals surface area contributed by atoms with E-state index in [0.717, 1.165) is 0 Å². The monoisotopic (exact) mass is 324 g/mol. The largest absolute Gasteiger partial charge is 0.392 e. The summed E-state index contributed by atoms with van der Waals surface area (Å²) in [6.07, 6.45) is -0.600. The maximum atomic E-state index is 12.2. The Morgan fingerprint density at radius 1 is 1.36 bits per heavy atom. The number of aliphatic hydroxyl groups excluding tert-OH is 1. The standard InChI is InChI=1S/C16H24N2O3S/c1-12(2)15(19)16(3,4)11-18-22(20,21)10-14-7-5-6-13(8-14)9-17/h5-8,12,15,18-19H,10-11H2,1-4H3. The zero-order valence-corrected chi connectivity index (χ0v) is 14.3. The molecule has 0 saturated carbocycles. The molecule has 1 unspecified atom stereocenters. The van der Waals surface area contributed by atoms with Crippen molar-refractivity contribution in [3.8, 4) is 6.07 Å². The van der Waals surface area contributed by atoms with Gasteiger partial charge in [-0.1, -0.05) is 39.8 Å². The Kier molecular flexibility index (Phi) is 6.12. The Hall–Kier alpha value is -1.42. The molecule has 0 aliphatic rings. The van der Waals surface area contributed by atoms with Crippen molar-refractivity contribution in [3.63, 3.8) is 0 Å². The minimum Gasteiger partial charge on any atom is -0.392 e. The molecule has 22 heavy (non-hydrogen) atoms. The molecule has 5 nitrogen and oxygen atoms in total. The van der Waals surface area contributed by atoms with Gasteiger partial charge in [0.1, 0.15) is 0 Å². The Labute approximate surface area is 133 Å². The first kappa shape index (κ1) is 18.6. The predicted octanol–water partition coefficient (Wildman–Crippen LogP) is 2.02. The molecule has 0 saturated heterocycles. The van der Waals surface area contributed by atoms with Crippen molar-refractivity contribution < 1.29 is 13.5 Å². The average molecular weight is 324 g/mol. The van der Waals surface area contributed by atoms with E-state index in [2.05, 4.69) is 4.72 Å². The van der Waals surface area contributed by atoms with E-state index in [1.54, 1.807) is 24.3 Å². The van der Waals surface area contributed by atoms with E-state index in [9.17, 15) is 13.5 Å². The van der Waals surface area contributed by atoms with Crippen LogP contribution in [-0.2, 0) is 15.8 Å². The van der Waals surface area contributed by atoms with Gasteiger partial charge in [0, 0.05) is 12.0 Å². The summed E-state index contributed by atoms with van der Waals surface area (Å²) in [6, 6.07) is 8.52. The van der Waals surface area contributed by atoms with Gasteiger partial charge >= 0.3 is 0 Å². The molecule has 0 aliphatic heterocycles. The third-order valence-corrected chi connectivity index (χ3v) is 4.89. The highest BCUT2D eigenvalue weighted by atomic mass is 32.2. The normalized spacial score (nSPS) is 13.9. The molecule has 0 aliphatic carbocycles. The molecule has 0 heterocycles. The maximum absolute atomic E-state index is 12.2. The van der Waals surface area contributed by atoms with Crippen molar-refractivity contribution in [2.75, 3.05) is 6.54 Å². The Morgan fingerprint density at radius 2 is 2.00 bits per heavy atom. The topological polar surface area (TPSA) is 90.2 Å². The molecule has 0 bridgehead atoms. The van der Waals surface area contributed by atoms with E-state index >= 15 is 0 Å². The highest BCUT2D eigenvalue weighted by Crippen LogP contribution is 2.25. The molecule has 122 valence electrons. The summed E-state index contributed by atoms with van der Waals surface area (Å²) in [4.78, 5) is 0. The smallest absolute Gasteiger partial charge is 0.215 e. The van der Waals surface area contributed by atoms with E-state index in [1.165, 1.54) is 0 Å². The number of hydrogen-bond donors (Lipinski definition) is 2. The van der Waals surface area contributed by atoms with Gasteiger partial charge in [-0.3, -0.25) is 0 Å². The average Bonchev–Trinajstić information content (AvgIpc) is 2.44. The van der Waals surface area contributed by atoms with E-state index in [1.807, 2.05) is 33.8 Å². The van der Waals surface area contributed by atoms with E-state index in [4.69, 9.17) is 5.26 Å². The molecule has 0 radical (unpaired) electrons. The molecule has 0 amide bonds. The van der Waals surface area contributed by atoms with Gasteiger partial charge in [0.15, 0.2) is 0 Å². The fraction of sp³-hybridized carbons (Fsp3) is 0.562. The van der Waals surface area contributed by atoms with E-state index in [-0.39, 0.29) is 18.2 Å². The lowest BCUT2D eigenvalue weighted by Gasteiger charge is -2.33. The Bertz CT molecular complexity index is 646. The molecule has 2 N–H and O–H groups in total. The minimum absolute atomic E-state index is 0.0480. The SMILES string of the molecule is CC(C)C(O)C(C)(C)CNS(=O)(=O)Cc1cccc(C#N)c1. The summed E-state index contributed by atoms with van der Waals surface area (Å²) in [5.41, 5.74) is 0.437. The molecule has 0 aromatic heterocycles. The summed E-state index contributed by atoms with van der Waals surface area (Å²) in [5.74, 6) is -0.136. The van der Waals surface area contributed by atoms with Gasteiger partial charge in [0.05, 0.1) is 23.5 Å². The predicted molar refractivity (Wildman–Crippen MR) is 86.4 cm³/mol. The first-order valence-corrected chi connectivity index (χ1v) is 8.87. The zero-order valence-electron chi connectivity index (χ0n) is 13.5. The van der Waals surface area contributed by atoms with Crippen LogP contribution in [0.15, 0.2) is 24.3 Å².